The van der Waals surface area contributed by atoms with Crippen LogP contribution in [0.25, 0.3) is 0 Å². The first kappa shape index (κ1) is 9.92. The first-order chi connectivity index (χ1) is 5.93. The molecular weight excluding hydrogens is 154 g/mol. The van der Waals surface area contributed by atoms with Crippen LogP contribution in [0, 0.1) is 0 Å². The molecule has 0 aromatic heterocycles. The molecule has 1 fully saturated rings. The number of nitrogens with two attached hydrogens (primary N) is 1. The molecule has 3 N–H and O–H groups in total. The molecule has 1 heterocycles. The third-order valence-electron chi connectivity index (χ3n) is 1.98. The minimum atomic E-state index is 0.796. The lowest BCUT2D eigenvalue weighted by Crippen LogP contribution is -2.46. The van der Waals surface area contributed by atoms with Crippen LogP contribution in [-0.4, -0.2) is 44.4 Å². The van der Waals surface area contributed by atoms with Crippen molar-refractivity contribution in [3.63, 3.8) is 0 Å². The number of morpholine rings is 1. The highest BCUT2D eigenvalue weighted by atomic mass is 16.5. The summed E-state index contributed by atoms with van der Waals surface area (Å²) in [5, 5.41) is 2.22. The van der Waals surface area contributed by atoms with Crippen molar-refractivity contribution in [2.45, 2.75) is 12.8 Å². The number of nitrogens with zero attached hydrogens (tertiary/aromatic N) is 1. The number of hydrogen-bond donors (Lipinski definition) is 2. The Kier molecular flexibility index (Phi) is 5.27. The smallest absolute Gasteiger partial charge is 0.0608 e. The van der Waals surface area contributed by atoms with Crippen molar-refractivity contribution >= 4 is 0 Å². The highest BCUT2D eigenvalue weighted by Gasteiger charge is 2.07. The van der Waals surface area contributed by atoms with Crippen LogP contribution in [-0.2, 0) is 4.74 Å². The van der Waals surface area contributed by atoms with Crippen LogP contribution in [0.3, 0.4) is 0 Å². The zero-order chi connectivity index (χ0) is 8.65. The summed E-state index contributed by atoms with van der Waals surface area (Å²) >= 11 is 0. The summed E-state index contributed by atoms with van der Waals surface area (Å²) in [7, 11) is 0. The molecule has 1 aliphatic heterocycles. The molecule has 0 amide bonds. The van der Waals surface area contributed by atoms with Gasteiger partial charge in [0, 0.05) is 19.6 Å². The fourth-order valence-corrected chi connectivity index (χ4v) is 1.23. The van der Waals surface area contributed by atoms with Gasteiger partial charge in [0.2, 0.25) is 0 Å². The third kappa shape index (κ3) is 4.01. The SMILES string of the molecule is NCCCCNN1CCOCC1. The maximum absolute atomic E-state index is 5.39. The van der Waals surface area contributed by atoms with Gasteiger partial charge in [-0.1, -0.05) is 0 Å². The van der Waals surface area contributed by atoms with Gasteiger partial charge in [-0.25, -0.2) is 5.01 Å². The number of ether oxygens (including phenoxy) is 1. The molecule has 0 aliphatic carbocycles. The van der Waals surface area contributed by atoms with Gasteiger partial charge in [-0.2, -0.15) is 0 Å². The minimum Gasteiger partial charge on any atom is -0.379 e. The van der Waals surface area contributed by atoms with Crippen molar-refractivity contribution in [3.05, 3.63) is 0 Å². The van der Waals surface area contributed by atoms with Gasteiger partial charge >= 0.3 is 0 Å². The standard InChI is InChI=1S/C8H19N3O/c9-3-1-2-4-10-11-5-7-12-8-6-11/h10H,1-9H2. The number of unbranched alkanes of at least 4 members (excludes halogenated alkanes) is 1. The maximum atomic E-state index is 5.39. The third-order valence-corrected chi connectivity index (χ3v) is 1.98. The van der Waals surface area contributed by atoms with Crippen molar-refractivity contribution in [3.8, 4) is 0 Å². The molecule has 0 spiro atoms. The van der Waals surface area contributed by atoms with Crippen molar-refractivity contribution in [1.82, 2.24) is 10.4 Å². The Morgan fingerprint density at radius 3 is 2.67 bits per heavy atom. The van der Waals surface area contributed by atoms with E-state index in [1.54, 1.807) is 0 Å². The van der Waals surface area contributed by atoms with Gasteiger partial charge in [-0.05, 0) is 19.4 Å². The van der Waals surface area contributed by atoms with Crippen LogP contribution in [0.1, 0.15) is 12.8 Å². The van der Waals surface area contributed by atoms with E-state index in [9.17, 15) is 0 Å². The van der Waals surface area contributed by atoms with Crippen LogP contribution < -0.4 is 11.2 Å². The summed E-state index contributed by atoms with van der Waals surface area (Å²) in [6.07, 6.45) is 2.27. The molecule has 12 heavy (non-hydrogen) atoms. The highest BCUT2D eigenvalue weighted by molar-refractivity contribution is 4.57. The molecular formula is C8H19N3O. The fourth-order valence-electron chi connectivity index (χ4n) is 1.23. The first-order valence-corrected chi connectivity index (χ1v) is 4.70. The van der Waals surface area contributed by atoms with E-state index in [1.807, 2.05) is 0 Å². The van der Waals surface area contributed by atoms with Crippen LogP contribution in [0.2, 0.25) is 0 Å². The Balaban J connectivity index is 1.91. The molecule has 1 saturated heterocycles. The summed E-state index contributed by atoms with van der Waals surface area (Å²) in [6.45, 7) is 5.54. The lowest BCUT2D eigenvalue weighted by atomic mass is 10.3. The second-order valence-corrected chi connectivity index (χ2v) is 3.00. The van der Waals surface area contributed by atoms with E-state index in [2.05, 4.69) is 10.4 Å². The summed E-state index contributed by atoms with van der Waals surface area (Å²) in [5.74, 6) is 0. The molecule has 0 bridgehead atoms. The second kappa shape index (κ2) is 6.37. The fraction of sp³-hybridized carbons (Fsp3) is 1.00. The minimum absolute atomic E-state index is 0.796. The molecule has 1 rings (SSSR count). The van der Waals surface area contributed by atoms with E-state index >= 15 is 0 Å². The monoisotopic (exact) mass is 173 g/mol. The number of hydrazine groups is 1. The Bertz CT molecular complexity index is 104. The Hall–Kier alpha value is -0.160. The van der Waals surface area contributed by atoms with Gasteiger partial charge in [0.05, 0.1) is 13.2 Å². The summed E-state index contributed by atoms with van der Waals surface area (Å²) < 4.78 is 5.23. The summed E-state index contributed by atoms with van der Waals surface area (Å²) in [5.41, 5.74) is 8.74. The molecule has 0 saturated carbocycles. The van der Waals surface area contributed by atoms with Gasteiger partial charge in [0.25, 0.3) is 0 Å². The van der Waals surface area contributed by atoms with Gasteiger partial charge in [0.15, 0.2) is 0 Å². The summed E-state index contributed by atoms with van der Waals surface area (Å²) in [4.78, 5) is 0. The van der Waals surface area contributed by atoms with Gasteiger partial charge in [0.1, 0.15) is 0 Å². The van der Waals surface area contributed by atoms with Crippen LogP contribution in [0.5, 0.6) is 0 Å². The predicted molar refractivity (Wildman–Crippen MR) is 48.7 cm³/mol. The van der Waals surface area contributed by atoms with E-state index in [0.29, 0.717) is 0 Å². The first-order valence-electron chi connectivity index (χ1n) is 4.70. The molecule has 0 atom stereocenters. The van der Waals surface area contributed by atoms with E-state index in [4.69, 9.17) is 10.5 Å². The Labute approximate surface area is 74.0 Å². The Morgan fingerprint density at radius 2 is 2.00 bits per heavy atom. The summed E-state index contributed by atoms with van der Waals surface area (Å²) in [6, 6.07) is 0. The molecule has 4 nitrogen and oxygen atoms in total. The zero-order valence-electron chi connectivity index (χ0n) is 7.59. The van der Waals surface area contributed by atoms with Gasteiger partial charge in [-0.3, -0.25) is 5.43 Å². The molecule has 72 valence electrons. The predicted octanol–water partition coefficient (Wildman–Crippen LogP) is -0.438. The van der Waals surface area contributed by atoms with Crippen molar-refractivity contribution in [2.24, 2.45) is 5.73 Å². The molecule has 0 aromatic carbocycles. The Morgan fingerprint density at radius 1 is 1.25 bits per heavy atom. The largest absolute Gasteiger partial charge is 0.379 e. The van der Waals surface area contributed by atoms with Crippen LogP contribution in [0.4, 0.5) is 0 Å². The average Bonchev–Trinajstić information content (AvgIpc) is 2.14. The highest BCUT2D eigenvalue weighted by Crippen LogP contribution is 1.92. The quantitative estimate of drug-likeness (QED) is 0.554. The van der Waals surface area contributed by atoms with Gasteiger partial charge < -0.3 is 10.5 Å². The molecule has 0 aromatic rings. The molecule has 0 unspecified atom stereocenters. The van der Waals surface area contributed by atoms with E-state index in [1.165, 1.54) is 0 Å². The zero-order valence-corrected chi connectivity index (χ0v) is 7.59. The number of nitrogens with one attached hydrogen (secondary N) is 1. The van der Waals surface area contributed by atoms with Gasteiger partial charge in [-0.15, -0.1) is 0 Å². The van der Waals surface area contributed by atoms with Crippen molar-refractivity contribution < 1.29 is 4.74 Å². The molecule has 4 heteroatoms. The lowest BCUT2D eigenvalue weighted by Gasteiger charge is -2.27. The number of hydrogen-bond acceptors (Lipinski definition) is 4. The van der Waals surface area contributed by atoms with E-state index in [0.717, 1.165) is 52.2 Å². The molecule has 1 aliphatic rings. The van der Waals surface area contributed by atoms with Crippen molar-refractivity contribution in [1.29, 1.82) is 0 Å². The van der Waals surface area contributed by atoms with Crippen LogP contribution >= 0.6 is 0 Å². The van der Waals surface area contributed by atoms with Crippen molar-refractivity contribution in [2.75, 3.05) is 39.4 Å². The normalized spacial score (nSPS) is 19.8. The maximum Gasteiger partial charge on any atom is 0.0608 e. The number of rotatable bonds is 5. The average molecular weight is 173 g/mol. The second-order valence-electron chi connectivity index (χ2n) is 3.00. The van der Waals surface area contributed by atoms with E-state index in [-0.39, 0.29) is 0 Å². The van der Waals surface area contributed by atoms with E-state index < -0.39 is 0 Å². The van der Waals surface area contributed by atoms with Crippen LogP contribution in [0.15, 0.2) is 0 Å². The lowest BCUT2D eigenvalue weighted by molar-refractivity contribution is 0.0119. The topological polar surface area (TPSA) is 50.5 Å². The molecule has 0 radical (unpaired) electrons.